The van der Waals surface area contributed by atoms with E-state index in [1.807, 2.05) is 6.07 Å². The van der Waals surface area contributed by atoms with Gasteiger partial charge in [-0.15, -0.1) is 0 Å². The zero-order chi connectivity index (χ0) is 22.3. The zero-order valence-electron chi connectivity index (χ0n) is 19.1. The maximum absolute atomic E-state index is 13.6. The highest BCUT2D eigenvalue weighted by Gasteiger charge is 2.60. The summed E-state index contributed by atoms with van der Waals surface area (Å²) in [5.74, 6) is 0.410. The first-order chi connectivity index (χ1) is 15.5. The van der Waals surface area contributed by atoms with Crippen LogP contribution in [0.15, 0.2) is 42.6 Å². The van der Waals surface area contributed by atoms with E-state index in [0.717, 1.165) is 56.2 Å². The standard InChI is InChI=1S/C27H33N3O2/c1-3-27(26(32)29-14-12-23-18(2)7-6-13-28-23)17-22-10-11-24(27)30(22)25(31)21-15-19-8-4-5-9-20(19)16-21/h4-9,13,21-22,24H,3,10-12,14-17H2,1-2H3,(H,29,32)/t22-,24+,27+/m1/s1. The van der Waals surface area contributed by atoms with Crippen molar-refractivity contribution in [1.29, 1.82) is 0 Å². The summed E-state index contributed by atoms with van der Waals surface area (Å²) in [6.07, 6.45) is 7.74. The molecule has 1 aromatic heterocycles. The molecular weight excluding hydrogens is 398 g/mol. The summed E-state index contributed by atoms with van der Waals surface area (Å²) in [7, 11) is 0. The van der Waals surface area contributed by atoms with Crippen molar-refractivity contribution in [2.75, 3.05) is 6.54 Å². The highest BCUT2D eigenvalue weighted by atomic mass is 16.2. The molecule has 3 atom stereocenters. The Bertz CT molecular complexity index is 1010. The van der Waals surface area contributed by atoms with Crippen molar-refractivity contribution in [1.82, 2.24) is 15.2 Å². The van der Waals surface area contributed by atoms with Crippen LogP contribution in [0.5, 0.6) is 0 Å². The second-order valence-electron chi connectivity index (χ2n) is 9.85. The summed E-state index contributed by atoms with van der Waals surface area (Å²) in [6.45, 7) is 4.75. The zero-order valence-corrected chi connectivity index (χ0v) is 19.1. The van der Waals surface area contributed by atoms with E-state index in [-0.39, 0.29) is 29.8 Å². The van der Waals surface area contributed by atoms with Crippen molar-refractivity contribution in [3.63, 3.8) is 0 Å². The lowest BCUT2D eigenvalue weighted by Gasteiger charge is -2.35. The summed E-state index contributed by atoms with van der Waals surface area (Å²) in [4.78, 5) is 33.7. The van der Waals surface area contributed by atoms with Crippen LogP contribution in [0.2, 0.25) is 0 Å². The van der Waals surface area contributed by atoms with Gasteiger partial charge in [0.2, 0.25) is 11.8 Å². The summed E-state index contributed by atoms with van der Waals surface area (Å²) in [5.41, 5.74) is 4.34. The number of benzene rings is 1. The molecule has 32 heavy (non-hydrogen) atoms. The molecule has 1 aliphatic carbocycles. The van der Waals surface area contributed by atoms with E-state index in [4.69, 9.17) is 0 Å². The van der Waals surface area contributed by atoms with Gasteiger partial charge < -0.3 is 10.2 Å². The van der Waals surface area contributed by atoms with Gasteiger partial charge >= 0.3 is 0 Å². The van der Waals surface area contributed by atoms with Gasteiger partial charge in [0.15, 0.2) is 0 Å². The summed E-state index contributed by atoms with van der Waals surface area (Å²) >= 11 is 0. The molecule has 3 heterocycles. The third kappa shape index (κ3) is 3.42. The molecular formula is C27H33N3O2. The number of amides is 2. The minimum atomic E-state index is -0.455. The van der Waals surface area contributed by atoms with Gasteiger partial charge in [-0.1, -0.05) is 37.3 Å². The van der Waals surface area contributed by atoms with E-state index in [2.05, 4.69) is 59.4 Å². The fourth-order valence-electron chi connectivity index (χ4n) is 6.50. The third-order valence-electron chi connectivity index (χ3n) is 8.24. The number of carbonyl (C=O) groups excluding carboxylic acids is 2. The van der Waals surface area contributed by atoms with E-state index >= 15 is 0 Å². The molecule has 5 rings (SSSR count). The van der Waals surface area contributed by atoms with Gasteiger partial charge in [0.1, 0.15) is 0 Å². The SMILES string of the molecule is CC[C@]1(C(=O)NCCc2ncccc2C)C[C@H]2CC[C@@H]1N2C(=O)C1Cc2ccccc2C1. The molecule has 0 spiro atoms. The van der Waals surface area contributed by atoms with Crippen molar-refractivity contribution < 1.29 is 9.59 Å². The van der Waals surface area contributed by atoms with Gasteiger partial charge in [0.05, 0.1) is 5.41 Å². The number of aryl methyl sites for hydroxylation is 1. The maximum atomic E-state index is 13.6. The Morgan fingerprint density at radius 3 is 2.56 bits per heavy atom. The number of rotatable bonds is 6. The van der Waals surface area contributed by atoms with Gasteiger partial charge in [-0.2, -0.15) is 0 Å². The molecule has 5 heteroatoms. The molecule has 168 valence electrons. The van der Waals surface area contributed by atoms with Crippen LogP contribution in [0, 0.1) is 18.3 Å². The van der Waals surface area contributed by atoms with Crippen LogP contribution in [0.1, 0.15) is 55.0 Å². The van der Waals surface area contributed by atoms with Gasteiger partial charge in [-0.3, -0.25) is 14.6 Å². The molecule has 1 aromatic carbocycles. The quantitative estimate of drug-likeness (QED) is 0.760. The van der Waals surface area contributed by atoms with Crippen molar-refractivity contribution >= 4 is 11.8 Å². The maximum Gasteiger partial charge on any atom is 0.228 e. The largest absolute Gasteiger partial charge is 0.355 e. The van der Waals surface area contributed by atoms with Crippen LogP contribution >= 0.6 is 0 Å². The first-order valence-electron chi connectivity index (χ1n) is 12.1. The second-order valence-corrected chi connectivity index (χ2v) is 9.85. The number of pyridine rings is 1. The normalized spacial score (nSPS) is 26.4. The van der Waals surface area contributed by atoms with Gasteiger partial charge in [0.25, 0.3) is 0 Å². The van der Waals surface area contributed by atoms with Crippen LogP contribution in [-0.2, 0) is 28.9 Å². The lowest BCUT2D eigenvalue weighted by Crippen LogP contribution is -2.50. The number of aromatic nitrogens is 1. The number of hydrogen-bond acceptors (Lipinski definition) is 3. The number of nitrogens with one attached hydrogen (secondary N) is 1. The van der Waals surface area contributed by atoms with Crippen LogP contribution in [0.25, 0.3) is 0 Å². The Balaban J connectivity index is 1.27. The Morgan fingerprint density at radius 2 is 1.88 bits per heavy atom. The molecule has 2 bridgehead atoms. The van der Waals surface area contributed by atoms with Crippen molar-refractivity contribution in [2.45, 2.75) is 70.9 Å². The summed E-state index contributed by atoms with van der Waals surface area (Å²) in [5, 5.41) is 3.20. The smallest absolute Gasteiger partial charge is 0.228 e. The fourth-order valence-corrected chi connectivity index (χ4v) is 6.50. The second kappa shape index (κ2) is 8.34. The monoisotopic (exact) mass is 431 g/mol. The lowest BCUT2D eigenvalue weighted by atomic mass is 9.71. The van der Waals surface area contributed by atoms with E-state index in [1.54, 1.807) is 6.20 Å². The van der Waals surface area contributed by atoms with E-state index in [9.17, 15) is 9.59 Å². The van der Waals surface area contributed by atoms with E-state index in [1.165, 1.54) is 11.1 Å². The Hall–Kier alpha value is -2.69. The lowest BCUT2D eigenvalue weighted by molar-refractivity contribution is -0.139. The molecule has 0 unspecified atom stereocenters. The van der Waals surface area contributed by atoms with Crippen LogP contribution in [-0.4, -0.2) is 40.3 Å². The molecule has 3 aliphatic rings. The molecule has 2 saturated heterocycles. The van der Waals surface area contributed by atoms with Gasteiger partial charge in [-0.05, 0) is 68.2 Å². The number of hydrogen-bond donors (Lipinski definition) is 1. The molecule has 0 radical (unpaired) electrons. The summed E-state index contributed by atoms with van der Waals surface area (Å²) < 4.78 is 0. The number of carbonyl (C=O) groups is 2. The molecule has 0 saturated carbocycles. The predicted molar refractivity (Wildman–Crippen MR) is 124 cm³/mol. The van der Waals surface area contributed by atoms with Crippen molar-refractivity contribution in [2.24, 2.45) is 11.3 Å². The average Bonchev–Trinajstić information content (AvgIpc) is 3.51. The highest BCUT2D eigenvalue weighted by Crippen LogP contribution is 2.52. The molecule has 2 fully saturated rings. The van der Waals surface area contributed by atoms with Crippen LogP contribution in [0.4, 0.5) is 0 Å². The van der Waals surface area contributed by atoms with Gasteiger partial charge in [0, 0.05) is 42.9 Å². The molecule has 1 N–H and O–H groups in total. The van der Waals surface area contributed by atoms with Crippen LogP contribution in [0.3, 0.4) is 0 Å². The average molecular weight is 432 g/mol. The van der Waals surface area contributed by atoms with E-state index in [0.29, 0.717) is 6.54 Å². The predicted octanol–water partition coefficient (Wildman–Crippen LogP) is 3.62. The van der Waals surface area contributed by atoms with Gasteiger partial charge in [-0.25, -0.2) is 0 Å². The Morgan fingerprint density at radius 1 is 1.12 bits per heavy atom. The number of nitrogens with zero attached hydrogens (tertiary/aromatic N) is 2. The fraction of sp³-hybridized carbons (Fsp3) is 0.519. The molecule has 2 aromatic rings. The van der Waals surface area contributed by atoms with Crippen molar-refractivity contribution in [3.8, 4) is 0 Å². The minimum absolute atomic E-state index is 0.0262. The number of fused-ring (bicyclic) bond motifs is 3. The molecule has 5 nitrogen and oxygen atoms in total. The first-order valence-corrected chi connectivity index (χ1v) is 12.1. The Labute approximate surface area is 190 Å². The van der Waals surface area contributed by atoms with E-state index < -0.39 is 5.41 Å². The molecule has 2 amide bonds. The Kier molecular flexibility index (Phi) is 5.52. The first kappa shape index (κ1) is 21.2. The van der Waals surface area contributed by atoms with Crippen LogP contribution < -0.4 is 5.32 Å². The molecule has 2 aliphatic heterocycles. The summed E-state index contributed by atoms with van der Waals surface area (Å²) in [6, 6.07) is 12.6. The third-order valence-corrected chi connectivity index (χ3v) is 8.24. The topological polar surface area (TPSA) is 62.3 Å². The minimum Gasteiger partial charge on any atom is -0.355 e. The highest BCUT2D eigenvalue weighted by molar-refractivity contribution is 5.88. The van der Waals surface area contributed by atoms with Crippen molar-refractivity contribution in [3.05, 3.63) is 65.0 Å².